The summed E-state index contributed by atoms with van der Waals surface area (Å²) in [6, 6.07) is 19.3. The Morgan fingerprint density at radius 1 is 0.737 bits per heavy atom. The van der Waals surface area contributed by atoms with E-state index in [0.29, 0.717) is 0 Å². The van der Waals surface area contributed by atoms with E-state index in [9.17, 15) is 0 Å². The summed E-state index contributed by atoms with van der Waals surface area (Å²) in [5, 5.41) is 5.13. The van der Waals surface area contributed by atoms with Gasteiger partial charge in [0.2, 0.25) is 8.32 Å². The number of benzene rings is 3. The van der Waals surface area contributed by atoms with Crippen molar-refractivity contribution in [2.24, 2.45) is 0 Å². The van der Waals surface area contributed by atoms with Crippen LogP contribution in [0.15, 0.2) is 54.6 Å². The smallest absolute Gasteiger partial charge is 0.242 e. The lowest BCUT2D eigenvalue weighted by Gasteiger charge is -2.19. The van der Waals surface area contributed by atoms with E-state index in [0.717, 1.165) is 5.75 Å². The molecule has 0 atom stereocenters. The molecular formula is C17H18OSi. The Kier molecular flexibility index (Phi) is 2.83. The summed E-state index contributed by atoms with van der Waals surface area (Å²) in [5.41, 5.74) is 0. The SMILES string of the molecule is C[Si](C)(C)Oc1ccc2c(ccc3ccccc32)c1. The van der Waals surface area contributed by atoms with Gasteiger partial charge in [0.1, 0.15) is 5.75 Å². The summed E-state index contributed by atoms with van der Waals surface area (Å²) in [4.78, 5) is 0. The van der Waals surface area contributed by atoms with E-state index >= 15 is 0 Å². The predicted octanol–water partition coefficient (Wildman–Crippen LogP) is 5.21. The molecule has 0 spiro atoms. The summed E-state index contributed by atoms with van der Waals surface area (Å²) in [6.45, 7) is 6.62. The van der Waals surface area contributed by atoms with Crippen LogP contribution in [0.5, 0.6) is 5.75 Å². The van der Waals surface area contributed by atoms with Crippen molar-refractivity contribution in [3.05, 3.63) is 54.6 Å². The lowest BCUT2D eigenvalue weighted by atomic mass is 10.0. The van der Waals surface area contributed by atoms with Gasteiger partial charge in [-0.1, -0.05) is 42.5 Å². The first-order chi connectivity index (χ1) is 9.03. The van der Waals surface area contributed by atoms with E-state index in [2.05, 4.69) is 74.2 Å². The molecule has 2 heteroatoms. The van der Waals surface area contributed by atoms with Gasteiger partial charge in [0.25, 0.3) is 0 Å². The van der Waals surface area contributed by atoms with Gasteiger partial charge >= 0.3 is 0 Å². The summed E-state index contributed by atoms with van der Waals surface area (Å²) in [7, 11) is -1.54. The van der Waals surface area contributed by atoms with E-state index in [4.69, 9.17) is 4.43 Å². The largest absolute Gasteiger partial charge is 0.544 e. The minimum atomic E-state index is -1.54. The highest BCUT2D eigenvalue weighted by Gasteiger charge is 2.16. The molecule has 19 heavy (non-hydrogen) atoms. The fraction of sp³-hybridized carbons (Fsp3) is 0.176. The van der Waals surface area contributed by atoms with Crippen LogP contribution in [-0.2, 0) is 0 Å². The Labute approximate surface area is 115 Å². The summed E-state index contributed by atoms with van der Waals surface area (Å²) >= 11 is 0. The molecule has 0 amide bonds. The lowest BCUT2D eigenvalue weighted by molar-refractivity contribution is 0.559. The van der Waals surface area contributed by atoms with Gasteiger partial charge in [-0.2, -0.15) is 0 Å². The van der Waals surface area contributed by atoms with E-state index in [1.165, 1.54) is 21.5 Å². The standard InChI is InChI=1S/C17H18OSi/c1-19(2,3)18-15-10-11-17-14(12-15)9-8-13-6-4-5-7-16(13)17/h4-12H,1-3H3. The Balaban J connectivity index is 2.17. The molecule has 0 aliphatic rings. The maximum atomic E-state index is 6.06. The minimum Gasteiger partial charge on any atom is -0.544 e. The quantitative estimate of drug-likeness (QED) is 0.457. The topological polar surface area (TPSA) is 9.23 Å². The zero-order chi connectivity index (χ0) is 13.5. The molecule has 0 unspecified atom stereocenters. The maximum Gasteiger partial charge on any atom is 0.242 e. The van der Waals surface area contributed by atoms with Gasteiger partial charge in [-0.25, -0.2) is 0 Å². The van der Waals surface area contributed by atoms with Gasteiger partial charge in [-0.3, -0.25) is 0 Å². The molecule has 3 aromatic carbocycles. The molecule has 1 nitrogen and oxygen atoms in total. The molecule has 0 fully saturated rings. The highest BCUT2D eigenvalue weighted by atomic mass is 28.4. The third-order valence-corrected chi connectivity index (χ3v) is 3.99. The summed E-state index contributed by atoms with van der Waals surface area (Å²) in [5.74, 6) is 0.988. The van der Waals surface area contributed by atoms with Gasteiger partial charge in [0, 0.05) is 0 Å². The normalized spacial score (nSPS) is 11.9. The Hall–Kier alpha value is -1.80. The van der Waals surface area contributed by atoms with Gasteiger partial charge in [-0.05, 0) is 53.3 Å². The summed E-state index contributed by atoms with van der Waals surface area (Å²) < 4.78 is 6.06. The molecule has 0 aliphatic heterocycles. The Morgan fingerprint density at radius 3 is 2.21 bits per heavy atom. The van der Waals surface area contributed by atoms with Crippen molar-refractivity contribution >= 4 is 29.9 Å². The highest BCUT2D eigenvalue weighted by molar-refractivity contribution is 6.70. The Morgan fingerprint density at radius 2 is 1.42 bits per heavy atom. The third-order valence-electron chi connectivity index (χ3n) is 3.14. The van der Waals surface area contributed by atoms with Gasteiger partial charge in [0.05, 0.1) is 0 Å². The van der Waals surface area contributed by atoms with Crippen LogP contribution in [0, 0.1) is 0 Å². The average molecular weight is 266 g/mol. The van der Waals surface area contributed by atoms with Crippen LogP contribution >= 0.6 is 0 Å². The minimum absolute atomic E-state index is 0.988. The predicted molar refractivity (Wildman–Crippen MR) is 85.4 cm³/mol. The molecule has 0 radical (unpaired) electrons. The molecule has 0 bridgehead atoms. The van der Waals surface area contributed by atoms with Crippen molar-refractivity contribution in [3.8, 4) is 5.75 Å². The molecule has 0 N–H and O–H groups in total. The second kappa shape index (κ2) is 4.39. The van der Waals surface area contributed by atoms with E-state index in [-0.39, 0.29) is 0 Å². The second-order valence-electron chi connectivity index (χ2n) is 5.88. The van der Waals surface area contributed by atoms with Gasteiger partial charge in [0.15, 0.2) is 0 Å². The molecule has 3 aromatic rings. The lowest BCUT2D eigenvalue weighted by Crippen LogP contribution is -2.29. The molecule has 0 heterocycles. The zero-order valence-corrected chi connectivity index (χ0v) is 12.6. The molecule has 0 saturated carbocycles. The second-order valence-corrected chi connectivity index (χ2v) is 10.3. The molecular weight excluding hydrogens is 248 g/mol. The number of hydrogen-bond donors (Lipinski definition) is 0. The molecule has 0 aliphatic carbocycles. The number of rotatable bonds is 2. The van der Waals surface area contributed by atoms with Crippen LogP contribution in [0.1, 0.15) is 0 Å². The molecule has 0 aromatic heterocycles. The maximum absolute atomic E-state index is 6.06. The third kappa shape index (κ3) is 2.49. The first-order valence-corrected chi connectivity index (χ1v) is 10.0. The number of fused-ring (bicyclic) bond motifs is 3. The monoisotopic (exact) mass is 266 g/mol. The van der Waals surface area contributed by atoms with Gasteiger partial charge in [-0.15, -0.1) is 0 Å². The van der Waals surface area contributed by atoms with Crippen LogP contribution in [0.3, 0.4) is 0 Å². The Bertz CT molecular complexity index is 741. The van der Waals surface area contributed by atoms with Crippen molar-refractivity contribution in [3.63, 3.8) is 0 Å². The molecule has 0 saturated heterocycles. The van der Waals surface area contributed by atoms with Crippen molar-refractivity contribution in [1.82, 2.24) is 0 Å². The van der Waals surface area contributed by atoms with Crippen molar-refractivity contribution in [2.75, 3.05) is 0 Å². The van der Waals surface area contributed by atoms with Crippen LogP contribution in [0.25, 0.3) is 21.5 Å². The van der Waals surface area contributed by atoms with E-state index in [1.807, 2.05) is 0 Å². The fourth-order valence-corrected chi connectivity index (χ4v) is 3.24. The molecule has 96 valence electrons. The van der Waals surface area contributed by atoms with E-state index < -0.39 is 8.32 Å². The van der Waals surface area contributed by atoms with Crippen molar-refractivity contribution in [1.29, 1.82) is 0 Å². The van der Waals surface area contributed by atoms with Crippen LogP contribution in [0.4, 0.5) is 0 Å². The first kappa shape index (κ1) is 12.2. The van der Waals surface area contributed by atoms with Crippen LogP contribution in [-0.4, -0.2) is 8.32 Å². The van der Waals surface area contributed by atoms with E-state index in [1.54, 1.807) is 0 Å². The van der Waals surface area contributed by atoms with Crippen molar-refractivity contribution in [2.45, 2.75) is 19.6 Å². The van der Waals surface area contributed by atoms with Crippen LogP contribution < -0.4 is 4.43 Å². The average Bonchev–Trinajstić information content (AvgIpc) is 2.36. The van der Waals surface area contributed by atoms with Crippen molar-refractivity contribution < 1.29 is 4.43 Å². The zero-order valence-electron chi connectivity index (χ0n) is 11.6. The van der Waals surface area contributed by atoms with Crippen LogP contribution in [0.2, 0.25) is 19.6 Å². The van der Waals surface area contributed by atoms with Gasteiger partial charge < -0.3 is 4.43 Å². The highest BCUT2D eigenvalue weighted by Crippen LogP contribution is 2.29. The first-order valence-electron chi connectivity index (χ1n) is 6.63. The summed E-state index contributed by atoms with van der Waals surface area (Å²) in [6.07, 6.45) is 0. The fourth-order valence-electron chi connectivity index (χ4n) is 2.41. The molecule has 3 rings (SSSR count). The number of hydrogen-bond acceptors (Lipinski definition) is 1.